The van der Waals surface area contributed by atoms with Crippen LogP contribution in [0.5, 0.6) is 0 Å². The molecule has 0 aromatic rings. The lowest BCUT2D eigenvalue weighted by molar-refractivity contribution is 0.109. The highest BCUT2D eigenvalue weighted by Crippen LogP contribution is 2.42. The molecule has 0 bridgehead atoms. The molecule has 0 aromatic heterocycles. The van der Waals surface area contributed by atoms with Gasteiger partial charge in [0.2, 0.25) is 0 Å². The van der Waals surface area contributed by atoms with Gasteiger partial charge >= 0.3 is 0 Å². The summed E-state index contributed by atoms with van der Waals surface area (Å²) in [6.07, 6.45) is 12.0. The predicted octanol–water partition coefficient (Wildman–Crippen LogP) is 4.86. The van der Waals surface area contributed by atoms with Crippen LogP contribution in [0.25, 0.3) is 0 Å². The van der Waals surface area contributed by atoms with Crippen LogP contribution >= 0.6 is 0 Å². The van der Waals surface area contributed by atoms with Gasteiger partial charge in [0, 0.05) is 0 Å². The van der Waals surface area contributed by atoms with E-state index in [1.807, 2.05) is 0 Å². The minimum Gasteiger partial charge on any atom is -0.316 e. The molecule has 2 saturated carbocycles. The average Bonchev–Trinajstić information content (AvgIpc) is 2.39. The fourth-order valence-electron chi connectivity index (χ4n) is 4.54. The molecule has 0 radical (unpaired) electrons. The third-order valence-electron chi connectivity index (χ3n) is 5.51. The third-order valence-corrected chi connectivity index (χ3v) is 5.51. The molecule has 112 valence electrons. The standard InChI is InChI=1S/C18H35N/c1-14(2)12-19-13-17-8-4-5-10-18(17)16-9-6-7-15(3)11-16/h14-19H,4-13H2,1-3H3. The molecule has 0 amide bonds. The van der Waals surface area contributed by atoms with E-state index < -0.39 is 0 Å². The van der Waals surface area contributed by atoms with Crippen LogP contribution in [-0.4, -0.2) is 13.1 Å². The van der Waals surface area contributed by atoms with Gasteiger partial charge < -0.3 is 5.32 Å². The van der Waals surface area contributed by atoms with Crippen molar-refractivity contribution >= 4 is 0 Å². The Kier molecular flexibility index (Phi) is 6.19. The van der Waals surface area contributed by atoms with Crippen molar-refractivity contribution in [2.45, 2.75) is 72.1 Å². The van der Waals surface area contributed by atoms with E-state index in [0.717, 1.165) is 29.6 Å². The van der Waals surface area contributed by atoms with E-state index in [4.69, 9.17) is 0 Å². The van der Waals surface area contributed by atoms with Crippen LogP contribution in [0.15, 0.2) is 0 Å². The molecule has 1 heteroatoms. The highest BCUT2D eigenvalue weighted by atomic mass is 14.9. The van der Waals surface area contributed by atoms with Gasteiger partial charge in [-0.1, -0.05) is 52.9 Å². The maximum Gasteiger partial charge on any atom is -0.00177 e. The van der Waals surface area contributed by atoms with E-state index in [-0.39, 0.29) is 0 Å². The van der Waals surface area contributed by atoms with Crippen LogP contribution < -0.4 is 5.32 Å². The largest absolute Gasteiger partial charge is 0.316 e. The Hall–Kier alpha value is -0.0400. The normalized spacial score (nSPS) is 36.6. The molecule has 2 aliphatic rings. The number of hydrogen-bond acceptors (Lipinski definition) is 1. The molecule has 2 rings (SSSR count). The molecule has 0 heterocycles. The lowest BCUT2D eigenvalue weighted by atomic mass is 9.66. The summed E-state index contributed by atoms with van der Waals surface area (Å²) >= 11 is 0. The van der Waals surface area contributed by atoms with Crippen LogP contribution in [0.2, 0.25) is 0 Å². The van der Waals surface area contributed by atoms with Crippen molar-refractivity contribution in [3.8, 4) is 0 Å². The molecule has 4 unspecified atom stereocenters. The molecule has 4 atom stereocenters. The Labute approximate surface area is 120 Å². The molecule has 2 aliphatic carbocycles. The zero-order chi connectivity index (χ0) is 13.7. The van der Waals surface area contributed by atoms with Gasteiger partial charge in [0.05, 0.1) is 0 Å². The summed E-state index contributed by atoms with van der Waals surface area (Å²) in [6, 6.07) is 0. The first-order chi connectivity index (χ1) is 9.16. The first-order valence-corrected chi connectivity index (χ1v) is 8.87. The Morgan fingerprint density at radius 2 is 1.79 bits per heavy atom. The van der Waals surface area contributed by atoms with Crippen LogP contribution in [0.1, 0.15) is 72.1 Å². The molecule has 0 aromatic carbocycles. The SMILES string of the molecule is CC(C)CNCC1CCCCC1C1CCCC(C)C1. The second-order valence-corrected chi connectivity index (χ2v) is 7.79. The highest BCUT2D eigenvalue weighted by molar-refractivity contribution is 4.85. The summed E-state index contributed by atoms with van der Waals surface area (Å²) in [5, 5.41) is 3.73. The second-order valence-electron chi connectivity index (χ2n) is 7.79. The van der Waals surface area contributed by atoms with Gasteiger partial charge in [0.25, 0.3) is 0 Å². The van der Waals surface area contributed by atoms with Crippen LogP contribution in [0, 0.1) is 29.6 Å². The molecule has 19 heavy (non-hydrogen) atoms. The lowest BCUT2D eigenvalue weighted by Crippen LogP contribution is -2.37. The Morgan fingerprint density at radius 1 is 1.00 bits per heavy atom. The summed E-state index contributed by atoms with van der Waals surface area (Å²) in [4.78, 5) is 0. The van der Waals surface area contributed by atoms with E-state index in [9.17, 15) is 0 Å². The summed E-state index contributed by atoms with van der Waals surface area (Å²) < 4.78 is 0. The van der Waals surface area contributed by atoms with Crippen molar-refractivity contribution in [3.63, 3.8) is 0 Å². The molecule has 2 fully saturated rings. The van der Waals surface area contributed by atoms with Crippen molar-refractivity contribution in [2.75, 3.05) is 13.1 Å². The quantitative estimate of drug-likeness (QED) is 0.748. The Morgan fingerprint density at radius 3 is 2.53 bits per heavy atom. The van der Waals surface area contributed by atoms with Gasteiger partial charge in [-0.2, -0.15) is 0 Å². The summed E-state index contributed by atoms with van der Waals surface area (Å²) in [7, 11) is 0. The monoisotopic (exact) mass is 265 g/mol. The van der Waals surface area contributed by atoms with E-state index in [1.165, 1.54) is 64.5 Å². The van der Waals surface area contributed by atoms with Gasteiger partial charge in [0.15, 0.2) is 0 Å². The number of nitrogens with one attached hydrogen (secondary N) is 1. The lowest BCUT2D eigenvalue weighted by Gasteiger charge is -2.40. The first kappa shape index (κ1) is 15.4. The fourth-order valence-corrected chi connectivity index (χ4v) is 4.54. The van der Waals surface area contributed by atoms with Gasteiger partial charge in [-0.05, 0) is 61.9 Å². The van der Waals surface area contributed by atoms with E-state index >= 15 is 0 Å². The van der Waals surface area contributed by atoms with E-state index in [2.05, 4.69) is 26.1 Å². The molecular weight excluding hydrogens is 230 g/mol. The smallest absolute Gasteiger partial charge is 0.00177 e. The average molecular weight is 265 g/mol. The van der Waals surface area contributed by atoms with Gasteiger partial charge in [0.1, 0.15) is 0 Å². The van der Waals surface area contributed by atoms with Gasteiger partial charge in [-0.25, -0.2) is 0 Å². The summed E-state index contributed by atoms with van der Waals surface area (Å²) in [6.45, 7) is 9.58. The predicted molar refractivity (Wildman–Crippen MR) is 84.3 cm³/mol. The van der Waals surface area contributed by atoms with Crippen molar-refractivity contribution in [3.05, 3.63) is 0 Å². The van der Waals surface area contributed by atoms with Crippen LogP contribution in [-0.2, 0) is 0 Å². The Bertz CT molecular complexity index is 248. The molecular formula is C18H35N. The second kappa shape index (κ2) is 7.67. The van der Waals surface area contributed by atoms with Gasteiger partial charge in [-0.3, -0.25) is 0 Å². The first-order valence-electron chi connectivity index (χ1n) is 8.87. The molecule has 1 nitrogen and oxygen atoms in total. The van der Waals surface area contributed by atoms with E-state index in [0.29, 0.717) is 0 Å². The highest BCUT2D eigenvalue weighted by Gasteiger charge is 2.33. The Balaban J connectivity index is 1.84. The maximum absolute atomic E-state index is 3.73. The van der Waals surface area contributed by atoms with Gasteiger partial charge in [-0.15, -0.1) is 0 Å². The third kappa shape index (κ3) is 4.77. The zero-order valence-corrected chi connectivity index (χ0v) is 13.5. The number of hydrogen-bond donors (Lipinski definition) is 1. The molecule has 0 saturated heterocycles. The molecule has 1 N–H and O–H groups in total. The summed E-state index contributed by atoms with van der Waals surface area (Å²) in [5.74, 6) is 4.84. The van der Waals surface area contributed by atoms with Crippen molar-refractivity contribution in [2.24, 2.45) is 29.6 Å². The fraction of sp³-hybridized carbons (Fsp3) is 1.00. The maximum atomic E-state index is 3.73. The van der Waals surface area contributed by atoms with E-state index in [1.54, 1.807) is 0 Å². The van der Waals surface area contributed by atoms with Crippen molar-refractivity contribution in [1.82, 2.24) is 5.32 Å². The number of rotatable bonds is 5. The van der Waals surface area contributed by atoms with Crippen molar-refractivity contribution in [1.29, 1.82) is 0 Å². The van der Waals surface area contributed by atoms with Crippen LogP contribution in [0.3, 0.4) is 0 Å². The summed E-state index contributed by atoms with van der Waals surface area (Å²) in [5.41, 5.74) is 0. The van der Waals surface area contributed by atoms with Crippen LogP contribution in [0.4, 0.5) is 0 Å². The topological polar surface area (TPSA) is 12.0 Å². The zero-order valence-electron chi connectivity index (χ0n) is 13.5. The molecule has 0 spiro atoms. The molecule has 0 aliphatic heterocycles. The minimum atomic E-state index is 0.789. The van der Waals surface area contributed by atoms with Crippen molar-refractivity contribution < 1.29 is 0 Å². The minimum absolute atomic E-state index is 0.789.